The Hall–Kier alpha value is -0.810. The number of hydrogen-bond acceptors (Lipinski definition) is 2. The summed E-state index contributed by atoms with van der Waals surface area (Å²) in [6.07, 6.45) is 1.11. The van der Waals surface area contributed by atoms with Gasteiger partial charge in [0.1, 0.15) is 21.1 Å². The Kier molecular flexibility index (Phi) is 2.96. The molecule has 1 atom stereocenters. The molecule has 1 aliphatic rings. The van der Waals surface area contributed by atoms with Crippen molar-refractivity contribution in [3.05, 3.63) is 45.1 Å². The van der Waals surface area contributed by atoms with Crippen molar-refractivity contribution in [2.24, 2.45) is 0 Å². The average molecular weight is 358 g/mol. The first-order valence-corrected chi connectivity index (χ1v) is 6.94. The highest BCUT2D eigenvalue weighted by atomic mass is 79.9. The van der Waals surface area contributed by atoms with Gasteiger partial charge in [-0.25, -0.2) is 0 Å². The van der Waals surface area contributed by atoms with E-state index in [1.54, 1.807) is 0 Å². The number of hydrogen-bond donors (Lipinski definition) is 0. The lowest BCUT2D eigenvalue weighted by Gasteiger charge is -2.11. The second-order valence-corrected chi connectivity index (χ2v) is 5.65. The lowest BCUT2D eigenvalue weighted by Crippen LogP contribution is -2.21. The molecule has 2 heterocycles. The summed E-state index contributed by atoms with van der Waals surface area (Å²) >= 11 is 6.83. The van der Waals surface area contributed by atoms with E-state index in [1.165, 1.54) is 5.56 Å². The number of rotatable bonds is 2. The van der Waals surface area contributed by atoms with Crippen LogP contribution in [0.4, 0.5) is 0 Å². The molecule has 5 heteroatoms. The minimum atomic E-state index is 0.162. The molecule has 2 aromatic rings. The van der Waals surface area contributed by atoms with Crippen LogP contribution in [0.5, 0.6) is 5.75 Å². The number of nitrogens with zero attached hydrogens (tertiary/aromatic N) is 2. The molecule has 0 saturated heterocycles. The first-order chi connectivity index (χ1) is 8.22. The zero-order chi connectivity index (χ0) is 11.8. The summed E-state index contributed by atoms with van der Waals surface area (Å²) in [7, 11) is 0. The largest absolute Gasteiger partial charge is 0.488 e. The Morgan fingerprint density at radius 1 is 1.35 bits per heavy atom. The lowest BCUT2D eigenvalue weighted by molar-refractivity contribution is 0.202. The van der Waals surface area contributed by atoms with Crippen LogP contribution in [0.3, 0.4) is 0 Å². The maximum Gasteiger partial charge on any atom is 0.129 e. The van der Waals surface area contributed by atoms with E-state index in [0.717, 1.165) is 27.9 Å². The van der Waals surface area contributed by atoms with Crippen LogP contribution >= 0.6 is 31.9 Å². The summed E-state index contributed by atoms with van der Waals surface area (Å²) in [4.78, 5) is 0. The van der Waals surface area contributed by atoms with Crippen LogP contribution in [0, 0.1) is 0 Å². The fraction of sp³-hybridized carbons (Fsp3) is 0.250. The van der Waals surface area contributed by atoms with Gasteiger partial charge in [-0.05, 0) is 43.5 Å². The minimum Gasteiger partial charge on any atom is -0.488 e. The smallest absolute Gasteiger partial charge is 0.129 e. The van der Waals surface area contributed by atoms with Gasteiger partial charge in [0.15, 0.2) is 0 Å². The van der Waals surface area contributed by atoms with Crippen LogP contribution in [0.2, 0.25) is 0 Å². The maximum absolute atomic E-state index is 5.88. The molecule has 0 saturated carbocycles. The number of para-hydroxylation sites is 1. The predicted molar refractivity (Wildman–Crippen MR) is 72.2 cm³/mol. The van der Waals surface area contributed by atoms with Crippen molar-refractivity contribution in [1.82, 2.24) is 9.78 Å². The van der Waals surface area contributed by atoms with Crippen molar-refractivity contribution >= 4 is 31.9 Å². The summed E-state index contributed by atoms with van der Waals surface area (Å²) in [5.74, 6) is 1.000. The molecule has 0 aliphatic carbocycles. The Morgan fingerprint density at radius 3 is 2.88 bits per heavy atom. The summed E-state index contributed by atoms with van der Waals surface area (Å²) in [6.45, 7) is 0.751. The van der Waals surface area contributed by atoms with Crippen LogP contribution in [-0.4, -0.2) is 15.9 Å². The Labute approximate surface area is 116 Å². The summed E-state index contributed by atoms with van der Waals surface area (Å²) in [6, 6.07) is 10.1. The Morgan fingerprint density at radius 2 is 2.18 bits per heavy atom. The molecule has 0 radical (unpaired) electrons. The van der Waals surface area contributed by atoms with E-state index in [1.807, 2.05) is 28.9 Å². The van der Waals surface area contributed by atoms with Crippen LogP contribution < -0.4 is 4.74 Å². The van der Waals surface area contributed by atoms with Gasteiger partial charge >= 0.3 is 0 Å². The molecule has 0 N–H and O–H groups in total. The molecular formula is C12H10Br2N2O. The minimum absolute atomic E-state index is 0.162. The van der Waals surface area contributed by atoms with Gasteiger partial charge in [-0.15, -0.1) is 0 Å². The number of fused-ring (bicyclic) bond motifs is 1. The highest BCUT2D eigenvalue weighted by Crippen LogP contribution is 2.29. The van der Waals surface area contributed by atoms with Crippen LogP contribution in [0.15, 0.2) is 39.5 Å². The monoisotopic (exact) mass is 356 g/mol. The molecule has 0 bridgehead atoms. The maximum atomic E-state index is 5.88. The molecule has 0 spiro atoms. The summed E-state index contributed by atoms with van der Waals surface area (Å²) in [5, 5.41) is 4.34. The molecule has 0 amide bonds. The molecular weight excluding hydrogens is 348 g/mol. The molecule has 3 rings (SSSR count). The molecule has 1 aliphatic heterocycles. The van der Waals surface area contributed by atoms with E-state index in [4.69, 9.17) is 4.74 Å². The molecule has 88 valence electrons. The molecule has 1 unspecified atom stereocenters. The lowest BCUT2D eigenvalue weighted by atomic mass is 10.1. The quantitative estimate of drug-likeness (QED) is 0.823. The van der Waals surface area contributed by atoms with Gasteiger partial charge in [0.2, 0.25) is 0 Å². The molecule has 1 aromatic heterocycles. The first kappa shape index (κ1) is 11.3. The summed E-state index contributed by atoms with van der Waals surface area (Å²) in [5.41, 5.74) is 1.28. The van der Waals surface area contributed by atoms with E-state index < -0.39 is 0 Å². The van der Waals surface area contributed by atoms with Gasteiger partial charge < -0.3 is 4.74 Å². The van der Waals surface area contributed by atoms with Gasteiger partial charge in [-0.3, -0.25) is 4.68 Å². The third-order valence-electron chi connectivity index (χ3n) is 2.79. The Bertz CT molecular complexity index is 528. The fourth-order valence-electron chi connectivity index (χ4n) is 2.04. The number of ether oxygens (including phenoxy) is 1. The van der Waals surface area contributed by atoms with Crippen LogP contribution in [0.25, 0.3) is 0 Å². The molecule has 3 nitrogen and oxygen atoms in total. The highest BCUT2D eigenvalue weighted by molar-refractivity contribution is 9.11. The number of aromatic nitrogens is 2. The van der Waals surface area contributed by atoms with Crippen molar-refractivity contribution in [2.75, 3.05) is 0 Å². The van der Waals surface area contributed by atoms with Crippen LogP contribution in [0.1, 0.15) is 5.56 Å². The highest BCUT2D eigenvalue weighted by Gasteiger charge is 2.23. The molecule has 17 heavy (non-hydrogen) atoms. The zero-order valence-electron chi connectivity index (χ0n) is 8.94. The average Bonchev–Trinajstić information content (AvgIpc) is 2.82. The topological polar surface area (TPSA) is 27.1 Å². The van der Waals surface area contributed by atoms with Crippen molar-refractivity contribution < 1.29 is 4.74 Å². The van der Waals surface area contributed by atoms with E-state index in [2.05, 4.69) is 43.0 Å². The van der Waals surface area contributed by atoms with E-state index in [-0.39, 0.29) is 6.10 Å². The first-order valence-electron chi connectivity index (χ1n) is 5.36. The van der Waals surface area contributed by atoms with Crippen molar-refractivity contribution in [1.29, 1.82) is 0 Å². The van der Waals surface area contributed by atoms with Crippen molar-refractivity contribution in [2.45, 2.75) is 19.1 Å². The number of halogens is 2. The normalized spacial score (nSPS) is 17.9. The van der Waals surface area contributed by atoms with Gasteiger partial charge in [-0.1, -0.05) is 18.2 Å². The van der Waals surface area contributed by atoms with Gasteiger partial charge in [0, 0.05) is 12.5 Å². The van der Waals surface area contributed by atoms with Crippen molar-refractivity contribution in [3.8, 4) is 5.75 Å². The summed E-state index contributed by atoms with van der Waals surface area (Å²) < 4.78 is 9.58. The SMILES string of the molecule is Brc1cc(Br)n(CC2Cc3ccccc3O2)n1. The van der Waals surface area contributed by atoms with Crippen LogP contribution in [-0.2, 0) is 13.0 Å². The van der Waals surface area contributed by atoms with E-state index in [0.29, 0.717) is 0 Å². The van der Waals surface area contributed by atoms with Crippen molar-refractivity contribution in [3.63, 3.8) is 0 Å². The standard InChI is InChI=1S/C12H10Br2N2O/c13-11-6-12(14)16(15-11)7-9-5-8-3-1-2-4-10(8)17-9/h1-4,6,9H,5,7H2. The Balaban J connectivity index is 1.76. The van der Waals surface area contributed by atoms with Gasteiger partial charge in [0.05, 0.1) is 6.54 Å². The van der Waals surface area contributed by atoms with E-state index >= 15 is 0 Å². The zero-order valence-corrected chi connectivity index (χ0v) is 12.1. The third-order valence-corrected chi connectivity index (χ3v) is 3.82. The second kappa shape index (κ2) is 4.46. The molecule has 0 fully saturated rings. The second-order valence-electron chi connectivity index (χ2n) is 4.02. The van der Waals surface area contributed by atoms with Gasteiger partial charge in [-0.2, -0.15) is 5.10 Å². The third kappa shape index (κ3) is 2.26. The fourth-order valence-corrected chi connectivity index (χ4v) is 3.20. The van der Waals surface area contributed by atoms with Gasteiger partial charge in [0.25, 0.3) is 0 Å². The van der Waals surface area contributed by atoms with E-state index in [9.17, 15) is 0 Å². The predicted octanol–water partition coefficient (Wildman–Crippen LogP) is 3.41. The number of benzene rings is 1. The molecule has 1 aromatic carbocycles.